The minimum absolute atomic E-state index is 0.296. The van der Waals surface area contributed by atoms with Gasteiger partial charge in [0.2, 0.25) is 5.95 Å². The van der Waals surface area contributed by atoms with Gasteiger partial charge in [-0.25, -0.2) is 4.98 Å². The van der Waals surface area contributed by atoms with Gasteiger partial charge in [0.25, 0.3) is 0 Å². The number of nitrogens with one attached hydrogen (secondary N) is 2. The molecule has 1 aromatic carbocycles. The largest absolute Gasteiger partial charge is 0.497 e. The molecule has 1 atom stereocenters. The molecule has 0 spiro atoms. The number of nitrogens with zero attached hydrogens (tertiary/aromatic N) is 2. The van der Waals surface area contributed by atoms with Crippen molar-refractivity contribution < 1.29 is 9.47 Å². The highest BCUT2D eigenvalue weighted by atomic mass is 16.5. The van der Waals surface area contributed by atoms with Crippen LogP contribution in [0.4, 0.5) is 11.8 Å². The second-order valence-electron chi connectivity index (χ2n) is 5.81. The molecule has 2 aromatic rings. The van der Waals surface area contributed by atoms with Crippen LogP contribution >= 0.6 is 0 Å². The third-order valence-electron chi connectivity index (χ3n) is 4.02. The number of rotatable bonds is 8. The second kappa shape index (κ2) is 8.49. The first-order chi connectivity index (χ1) is 11.8. The molecule has 2 N–H and O–H groups in total. The minimum atomic E-state index is 0.296. The lowest BCUT2D eigenvalue weighted by Gasteiger charge is -2.12. The normalized spacial score (nSPS) is 16.8. The first kappa shape index (κ1) is 16.5. The molecule has 1 fully saturated rings. The van der Waals surface area contributed by atoms with Crippen molar-refractivity contribution in [2.24, 2.45) is 0 Å². The zero-order valence-electron chi connectivity index (χ0n) is 14.0. The molecule has 0 aliphatic carbocycles. The van der Waals surface area contributed by atoms with E-state index in [1.807, 2.05) is 24.3 Å². The van der Waals surface area contributed by atoms with E-state index < -0.39 is 0 Å². The van der Waals surface area contributed by atoms with Crippen LogP contribution in [0.25, 0.3) is 0 Å². The van der Waals surface area contributed by atoms with Gasteiger partial charge in [0, 0.05) is 25.9 Å². The summed E-state index contributed by atoms with van der Waals surface area (Å²) in [6, 6.07) is 9.96. The first-order valence-electron chi connectivity index (χ1n) is 8.39. The van der Waals surface area contributed by atoms with Crippen LogP contribution < -0.4 is 15.4 Å². The maximum atomic E-state index is 5.61. The highest BCUT2D eigenvalue weighted by molar-refractivity contribution is 5.39. The van der Waals surface area contributed by atoms with Crippen LogP contribution in [0.1, 0.15) is 18.4 Å². The molecule has 0 bridgehead atoms. The van der Waals surface area contributed by atoms with Crippen LogP contribution in [0.3, 0.4) is 0 Å². The Labute approximate surface area is 142 Å². The van der Waals surface area contributed by atoms with E-state index in [9.17, 15) is 0 Å². The summed E-state index contributed by atoms with van der Waals surface area (Å²) in [6.45, 7) is 2.43. The Kier molecular flexibility index (Phi) is 5.85. The molecule has 1 aliphatic heterocycles. The monoisotopic (exact) mass is 328 g/mol. The number of hydrogen-bond donors (Lipinski definition) is 2. The van der Waals surface area contributed by atoms with Gasteiger partial charge in [0.05, 0.1) is 13.2 Å². The third-order valence-corrected chi connectivity index (χ3v) is 4.02. The average molecular weight is 328 g/mol. The maximum absolute atomic E-state index is 5.61. The Morgan fingerprint density at radius 3 is 3.08 bits per heavy atom. The van der Waals surface area contributed by atoms with Crippen molar-refractivity contribution in [3.05, 3.63) is 42.1 Å². The topological polar surface area (TPSA) is 68.3 Å². The van der Waals surface area contributed by atoms with Crippen LogP contribution in [0.2, 0.25) is 0 Å². The molecule has 1 unspecified atom stereocenters. The molecular weight excluding hydrogens is 304 g/mol. The SMILES string of the molecule is COc1cccc(CCNc2nccc(NCC3CCCO3)n2)c1. The quantitative estimate of drug-likeness (QED) is 0.776. The summed E-state index contributed by atoms with van der Waals surface area (Å²) in [5, 5.41) is 6.58. The van der Waals surface area contributed by atoms with E-state index in [0.717, 1.165) is 50.5 Å². The number of benzene rings is 1. The van der Waals surface area contributed by atoms with Gasteiger partial charge in [0.1, 0.15) is 11.6 Å². The lowest BCUT2D eigenvalue weighted by atomic mass is 10.1. The predicted molar refractivity (Wildman–Crippen MR) is 94.7 cm³/mol. The molecule has 1 aliphatic rings. The van der Waals surface area contributed by atoms with Crippen LogP contribution in [0.5, 0.6) is 5.75 Å². The molecule has 1 aromatic heterocycles. The van der Waals surface area contributed by atoms with Gasteiger partial charge in [-0.2, -0.15) is 4.98 Å². The van der Waals surface area contributed by atoms with Gasteiger partial charge in [-0.15, -0.1) is 0 Å². The Morgan fingerprint density at radius 1 is 1.29 bits per heavy atom. The van der Waals surface area contributed by atoms with Crippen molar-refractivity contribution in [3.63, 3.8) is 0 Å². The summed E-state index contributed by atoms with van der Waals surface area (Å²) < 4.78 is 10.8. The summed E-state index contributed by atoms with van der Waals surface area (Å²) in [6.07, 6.45) is 5.20. The highest BCUT2D eigenvalue weighted by Crippen LogP contribution is 2.14. The molecule has 0 saturated carbocycles. The van der Waals surface area contributed by atoms with Gasteiger partial charge in [-0.1, -0.05) is 12.1 Å². The summed E-state index contributed by atoms with van der Waals surface area (Å²) in [5.41, 5.74) is 1.22. The number of anilines is 2. The van der Waals surface area contributed by atoms with Crippen LogP contribution in [0.15, 0.2) is 36.5 Å². The molecule has 24 heavy (non-hydrogen) atoms. The molecule has 0 radical (unpaired) electrons. The Hall–Kier alpha value is -2.34. The molecule has 3 rings (SSSR count). The second-order valence-corrected chi connectivity index (χ2v) is 5.81. The zero-order chi connectivity index (χ0) is 16.6. The summed E-state index contributed by atoms with van der Waals surface area (Å²) in [5.74, 6) is 2.34. The number of methoxy groups -OCH3 is 1. The van der Waals surface area contributed by atoms with Crippen molar-refractivity contribution in [3.8, 4) is 5.75 Å². The van der Waals surface area contributed by atoms with Gasteiger partial charge < -0.3 is 20.1 Å². The Morgan fingerprint density at radius 2 is 2.25 bits per heavy atom. The predicted octanol–water partition coefficient (Wildman–Crippen LogP) is 2.73. The molecule has 1 saturated heterocycles. The van der Waals surface area contributed by atoms with E-state index in [-0.39, 0.29) is 0 Å². The standard InChI is InChI=1S/C18H24N4O2/c1-23-15-5-2-4-14(12-15)7-9-19-18-20-10-8-17(22-18)21-13-16-6-3-11-24-16/h2,4-5,8,10,12,16H,3,6-7,9,11,13H2,1H3,(H2,19,20,21,22). The average Bonchev–Trinajstić information content (AvgIpc) is 3.14. The van der Waals surface area contributed by atoms with Gasteiger partial charge >= 0.3 is 0 Å². The van der Waals surface area contributed by atoms with E-state index in [2.05, 4.69) is 26.7 Å². The van der Waals surface area contributed by atoms with E-state index in [4.69, 9.17) is 9.47 Å². The summed E-state index contributed by atoms with van der Waals surface area (Å²) in [7, 11) is 1.68. The molecule has 2 heterocycles. The number of hydrogen-bond acceptors (Lipinski definition) is 6. The summed E-state index contributed by atoms with van der Waals surface area (Å²) >= 11 is 0. The molecular formula is C18H24N4O2. The molecule has 0 amide bonds. The van der Waals surface area contributed by atoms with E-state index in [1.54, 1.807) is 13.3 Å². The molecule has 6 heteroatoms. The van der Waals surface area contributed by atoms with Crippen molar-refractivity contribution in [1.82, 2.24) is 9.97 Å². The van der Waals surface area contributed by atoms with E-state index in [0.29, 0.717) is 12.1 Å². The fourth-order valence-electron chi connectivity index (χ4n) is 2.71. The van der Waals surface area contributed by atoms with Crippen LogP contribution in [0, 0.1) is 0 Å². The minimum Gasteiger partial charge on any atom is -0.497 e. The first-order valence-corrected chi connectivity index (χ1v) is 8.39. The van der Waals surface area contributed by atoms with Gasteiger partial charge in [0.15, 0.2) is 0 Å². The van der Waals surface area contributed by atoms with Crippen LogP contribution in [-0.2, 0) is 11.2 Å². The van der Waals surface area contributed by atoms with Crippen molar-refractivity contribution in [1.29, 1.82) is 0 Å². The Bertz CT molecular complexity index is 644. The fourth-order valence-corrected chi connectivity index (χ4v) is 2.71. The lowest BCUT2D eigenvalue weighted by Crippen LogP contribution is -2.19. The Balaban J connectivity index is 1.47. The van der Waals surface area contributed by atoms with Crippen LogP contribution in [-0.4, -0.2) is 42.9 Å². The van der Waals surface area contributed by atoms with Crippen molar-refractivity contribution >= 4 is 11.8 Å². The van der Waals surface area contributed by atoms with E-state index in [1.165, 1.54) is 5.56 Å². The van der Waals surface area contributed by atoms with Crippen molar-refractivity contribution in [2.45, 2.75) is 25.4 Å². The lowest BCUT2D eigenvalue weighted by molar-refractivity contribution is 0.120. The van der Waals surface area contributed by atoms with E-state index >= 15 is 0 Å². The zero-order valence-corrected chi connectivity index (χ0v) is 14.0. The highest BCUT2D eigenvalue weighted by Gasteiger charge is 2.15. The number of aromatic nitrogens is 2. The molecule has 6 nitrogen and oxygen atoms in total. The fraction of sp³-hybridized carbons (Fsp3) is 0.444. The third kappa shape index (κ3) is 4.83. The molecule has 128 valence electrons. The van der Waals surface area contributed by atoms with Gasteiger partial charge in [-0.05, 0) is 43.0 Å². The smallest absolute Gasteiger partial charge is 0.224 e. The van der Waals surface area contributed by atoms with Gasteiger partial charge in [-0.3, -0.25) is 0 Å². The maximum Gasteiger partial charge on any atom is 0.224 e. The number of ether oxygens (including phenoxy) is 2. The summed E-state index contributed by atoms with van der Waals surface area (Å²) in [4.78, 5) is 8.75. The van der Waals surface area contributed by atoms with Crippen molar-refractivity contribution in [2.75, 3.05) is 37.4 Å².